The molecule has 2 rings (SSSR count). The Morgan fingerprint density at radius 1 is 1.31 bits per heavy atom. The molecule has 0 aromatic carbocycles. The molecule has 2 aliphatic carbocycles. The molecule has 2 fully saturated rings. The molecule has 0 aromatic rings. The molecule has 0 amide bonds. The number of esters is 1. The molecule has 90 valence electrons. The zero-order valence-corrected chi connectivity index (χ0v) is 9.91. The van der Waals surface area contributed by atoms with Crippen molar-refractivity contribution in [3.63, 3.8) is 0 Å². The molecule has 2 aliphatic rings. The zero-order chi connectivity index (χ0) is 11.5. The number of rotatable bonds is 2. The van der Waals surface area contributed by atoms with Gasteiger partial charge in [0.1, 0.15) is 11.7 Å². The highest BCUT2D eigenvalue weighted by atomic mass is 16.5. The summed E-state index contributed by atoms with van der Waals surface area (Å²) >= 11 is 0. The molecule has 0 saturated heterocycles. The lowest BCUT2D eigenvalue weighted by molar-refractivity contribution is -0.154. The van der Waals surface area contributed by atoms with Gasteiger partial charge in [-0.2, -0.15) is 0 Å². The molecule has 2 saturated carbocycles. The van der Waals surface area contributed by atoms with Crippen LogP contribution < -0.4 is 0 Å². The van der Waals surface area contributed by atoms with Gasteiger partial charge >= 0.3 is 5.97 Å². The van der Waals surface area contributed by atoms with Crippen molar-refractivity contribution >= 4 is 11.8 Å². The van der Waals surface area contributed by atoms with E-state index in [1.54, 1.807) is 6.92 Å². The Balaban J connectivity index is 2.00. The second kappa shape index (κ2) is 4.98. The standard InChI is InChI=1S/C13H20O3/c1-2-16-13(15)11-7-9-5-3-4-6-10(9)8-12(11)14/h9-11H,2-8H2,1H3. The lowest BCUT2D eigenvalue weighted by atomic mass is 9.67. The molecular weight excluding hydrogens is 204 g/mol. The van der Waals surface area contributed by atoms with Crippen molar-refractivity contribution < 1.29 is 14.3 Å². The van der Waals surface area contributed by atoms with E-state index in [0.29, 0.717) is 24.9 Å². The number of carbonyl (C=O) groups excluding carboxylic acids is 2. The fraction of sp³-hybridized carbons (Fsp3) is 0.846. The summed E-state index contributed by atoms with van der Waals surface area (Å²) in [5.74, 6) is 0.491. The van der Waals surface area contributed by atoms with Crippen LogP contribution in [-0.4, -0.2) is 18.4 Å². The second-order valence-electron chi connectivity index (χ2n) is 5.02. The fourth-order valence-electron chi connectivity index (χ4n) is 3.17. The fourth-order valence-corrected chi connectivity index (χ4v) is 3.17. The van der Waals surface area contributed by atoms with Gasteiger partial charge in [-0.05, 0) is 31.6 Å². The first kappa shape index (κ1) is 11.6. The Labute approximate surface area is 96.5 Å². The predicted octanol–water partition coefficient (Wildman–Crippen LogP) is 2.33. The summed E-state index contributed by atoms with van der Waals surface area (Å²) in [6, 6.07) is 0. The van der Waals surface area contributed by atoms with Crippen LogP contribution in [0, 0.1) is 17.8 Å². The number of fused-ring (bicyclic) bond motifs is 1. The molecule has 3 atom stereocenters. The van der Waals surface area contributed by atoms with Crippen LogP contribution in [0.2, 0.25) is 0 Å². The molecule has 3 heteroatoms. The van der Waals surface area contributed by atoms with Gasteiger partial charge in [0.15, 0.2) is 0 Å². The summed E-state index contributed by atoms with van der Waals surface area (Å²) in [7, 11) is 0. The summed E-state index contributed by atoms with van der Waals surface area (Å²) in [6.45, 7) is 2.16. The highest BCUT2D eigenvalue weighted by Crippen LogP contribution is 2.41. The molecule has 3 nitrogen and oxygen atoms in total. The maximum Gasteiger partial charge on any atom is 0.316 e. The van der Waals surface area contributed by atoms with Gasteiger partial charge in [-0.15, -0.1) is 0 Å². The van der Waals surface area contributed by atoms with E-state index in [2.05, 4.69) is 0 Å². The van der Waals surface area contributed by atoms with E-state index in [-0.39, 0.29) is 11.8 Å². The monoisotopic (exact) mass is 224 g/mol. The number of ether oxygens (including phenoxy) is 1. The van der Waals surface area contributed by atoms with Gasteiger partial charge in [0.25, 0.3) is 0 Å². The molecule has 0 N–H and O–H groups in total. The molecule has 3 unspecified atom stereocenters. The van der Waals surface area contributed by atoms with E-state index in [9.17, 15) is 9.59 Å². The topological polar surface area (TPSA) is 43.4 Å². The van der Waals surface area contributed by atoms with Crippen LogP contribution in [0.4, 0.5) is 0 Å². The second-order valence-corrected chi connectivity index (χ2v) is 5.02. The summed E-state index contributed by atoms with van der Waals surface area (Å²) in [5.41, 5.74) is 0. The van der Waals surface area contributed by atoms with Gasteiger partial charge in [0.05, 0.1) is 6.61 Å². The van der Waals surface area contributed by atoms with Crippen LogP contribution in [0.15, 0.2) is 0 Å². The first-order valence-electron chi connectivity index (χ1n) is 6.41. The van der Waals surface area contributed by atoms with Crippen LogP contribution in [0.25, 0.3) is 0 Å². The lowest BCUT2D eigenvalue weighted by Gasteiger charge is -2.37. The summed E-state index contributed by atoms with van der Waals surface area (Å²) in [5, 5.41) is 0. The summed E-state index contributed by atoms with van der Waals surface area (Å²) in [4.78, 5) is 23.5. The maximum atomic E-state index is 11.9. The van der Waals surface area contributed by atoms with Crippen molar-refractivity contribution in [1.82, 2.24) is 0 Å². The van der Waals surface area contributed by atoms with Crippen molar-refractivity contribution in [2.45, 2.75) is 45.4 Å². The Kier molecular flexibility index (Phi) is 3.62. The summed E-state index contributed by atoms with van der Waals surface area (Å²) < 4.78 is 4.97. The van der Waals surface area contributed by atoms with Crippen molar-refractivity contribution in [2.24, 2.45) is 17.8 Å². The largest absolute Gasteiger partial charge is 0.465 e. The van der Waals surface area contributed by atoms with Crippen LogP contribution >= 0.6 is 0 Å². The maximum absolute atomic E-state index is 11.9. The number of carbonyl (C=O) groups is 2. The Morgan fingerprint density at radius 2 is 2.00 bits per heavy atom. The van der Waals surface area contributed by atoms with Crippen molar-refractivity contribution in [1.29, 1.82) is 0 Å². The van der Waals surface area contributed by atoms with Crippen molar-refractivity contribution in [3.8, 4) is 0 Å². The number of hydrogen-bond acceptors (Lipinski definition) is 3. The lowest BCUT2D eigenvalue weighted by Crippen LogP contribution is -2.38. The molecule has 0 aromatic heterocycles. The smallest absolute Gasteiger partial charge is 0.316 e. The van der Waals surface area contributed by atoms with E-state index < -0.39 is 5.92 Å². The SMILES string of the molecule is CCOC(=O)C1CC2CCCCC2CC1=O. The Bertz CT molecular complexity index is 285. The molecule has 0 bridgehead atoms. The third kappa shape index (κ3) is 2.28. The molecular formula is C13H20O3. The van der Waals surface area contributed by atoms with E-state index >= 15 is 0 Å². The zero-order valence-electron chi connectivity index (χ0n) is 9.91. The van der Waals surface area contributed by atoms with Gasteiger partial charge < -0.3 is 4.74 Å². The predicted molar refractivity (Wildman–Crippen MR) is 59.8 cm³/mol. The van der Waals surface area contributed by atoms with Crippen LogP contribution in [0.5, 0.6) is 0 Å². The Morgan fingerprint density at radius 3 is 2.69 bits per heavy atom. The number of ketones is 1. The van der Waals surface area contributed by atoms with E-state index in [0.717, 1.165) is 6.42 Å². The average molecular weight is 224 g/mol. The number of Topliss-reactive ketones (excluding diaryl/α,β-unsaturated/α-hetero) is 1. The highest BCUT2D eigenvalue weighted by molar-refractivity contribution is 5.99. The van der Waals surface area contributed by atoms with Crippen LogP contribution in [-0.2, 0) is 14.3 Å². The quantitative estimate of drug-likeness (QED) is 0.534. The van der Waals surface area contributed by atoms with Crippen LogP contribution in [0.3, 0.4) is 0 Å². The van der Waals surface area contributed by atoms with Gasteiger partial charge in [-0.1, -0.05) is 19.3 Å². The number of hydrogen-bond donors (Lipinski definition) is 0. The van der Waals surface area contributed by atoms with E-state index in [4.69, 9.17) is 4.74 Å². The molecule has 0 radical (unpaired) electrons. The van der Waals surface area contributed by atoms with Gasteiger partial charge in [-0.3, -0.25) is 9.59 Å². The third-order valence-corrected chi connectivity index (χ3v) is 4.03. The molecule has 0 aliphatic heterocycles. The molecule has 0 heterocycles. The minimum atomic E-state index is -0.459. The Hall–Kier alpha value is -0.860. The van der Waals surface area contributed by atoms with Crippen molar-refractivity contribution in [2.75, 3.05) is 6.61 Å². The first-order chi connectivity index (χ1) is 7.72. The minimum Gasteiger partial charge on any atom is -0.465 e. The normalized spacial score (nSPS) is 34.3. The van der Waals surface area contributed by atoms with Gasteiger partial charge in [0.2, 0.25) is 0 Å². The van der Waals surface area contributed by atoms with Gasteiger partial charge in [-0.25, -0.2) is 0 Å². The average Bonchev–Trinajstić information content (AvgIpc) is 2.28. The summed E-state index contributed by atoms with van der Waals surface area (Å²) in [6.07, 6.45) is 6.21. The molecule has 0 spiro atoms. The minimum absolute atomic E-state index is 0.113. The third-order valence-electron chi connectivity index (χ3n) is 4.03. The van der Waals surface area contributed by atoms with Crippen molar-refractivity contribution in [3.05, 3.63) is 0 Å². The van der Waals surface area contributed by atoms with E-state index in [1.165, 1.54) is 25.7 Å². The first-order valence-corrected chi connectivity index (χ1v) is 6.41. The van der Waals surface area contributed by atoms with E-state index in [1.807, 2.05) is 0 Å². The molecule has 16 heavy (non-hydrogen) atoms. The van der Waals surface area contributed by atoms with Crippen LogP contribution in [0.1, 0.15) is 45.4 Å². The van der Waals surface area contributed by atoms with Gasteiger partial charge in [0, 0.05) is 6.42 Å². The highest BCUT2D eigenvalue weighted by Gasteiger charge is 2.40.